The Morgan fingerprint density at radius 2 is 2.12 bits per heavy atom. The van der Waals surface area contributed by atoms with Gasteiger partial charge >= 0.3 is 5.97 Å². The minimum Gasteiger partial charge on any atom is -0.465 e. The lowest BCUT2D eigenvalue weighted by Crippen LogP contribution is -2.20. The summed E-state index contributed by atoms with van der Waals surface area (Å²) in [5, 5.41) is -0.104. The van der Waals surface area contributed by atoms with Crippen LogP contribution in [-0.2, 0) is 9.53 Å². The predicted octanol–water partition coefficient (Wildman–Crippen LogP) is 2.91. The predicted molar refractivity (Wildman–Crippen MR) is 65.4 cm³/mol. The quantitative estimate of drug-likeness (QED) is 0.565. The summed E-state index contributed by atoms with van der Waals surface area (Å²) < 4.78 is 5.05. The van der Waals surface area contributed by atoms with Crippen molar-refractivity contribution in [2.75, 3.05) is 6.61 Å². The number of thioether (sulfide) groups is 1. The fourth-order valence-corrected chi connectivity index (χ4v) is 2.43. The van der Waals surface area contributed by atoms with E-state index in [0.29, 0.717) is 6.61 Å². The number of carbonyl (C=O) groups excluding carboxylic acids is 1. The van der Waals surface area contributed by atoms with Crippen LogP contribution in [0.4, 0.5) is 0 Å². The Morgan fingerprint density at radius 3 is 2.69 bits per heavy atom. The first-order valence-corrected chi connectivity index (χ1v) is 6.39. The number of carbonyl (C=O) groups is 1. The maximum absolute atomic E-state index is 11.7. The molecule has 0 bridgehead atoms. The van der Waals surface area contributed by atoms with E-state index in [2.05, 4.69) is 11.9 Å². The van der Waals surface area contributed by atoms with Crippen molar-refractivity contribution in [2.24, 2.45) is 0 Å². The van der Waals surface area contributed by atoms with Crippen LogP contribution >= 0.6 is 11.8 Å². The molecule has 1 unspecified atom stereocenters. The molecule has 0 fully saturated rings. The maximum atomic E-state index is 11.7. The minimum absolute atomic E-state index is 0.104. The normalized spacial score (nSPS) is 12.1. The highest BCUT2D eigenvalue weighted by Crippen LogP contribution is 2.26. The second-order valence-electron chi connectivity index (χ2n) is 3.33. The Balaban J connectivity index is 2.60. The van der Waals surface area contributed by atoms with Gasteiger partial charge in [0.15, 0.2) is 0 Å². The zero-order chi connectivity index (χ0) is 11.8. The van der Waals surface area contributed by atoms with Crippen LogP contribution in [0.1, 0.15) is 26.7 Å². The Hall–Kier alpha value is -1.03. The summed E-state index contributed by atoms with van der Waals surface area (Å²) >= 11 is 1.55. The van der Waals surface area contributed by atoms with E-state index < -0.39 is 0 Å². The van der Waals surface area contributed by atoms with Gasteiger partial charge in [0, 0.05) is 17.3 Å². The van der Waals surface area contributed by atoms with Crippen molar-refractivity contribution < 1.29 is 9.53 Å². The van der Waals surface area contributed by atoms with E-state index in [1.807, 2.05) is 19.1 Å². The summed E-state index contributed by atoms with van der Waals surface area (Å²) in [5.41, 5.74) is 0. The molecule has 0 aromatic carbocycles. The number of pyridine rings is 1. The lowest BCUT2D eigenvalue weighted by molar-refractivity contribution is -0.142. The van der Waals surface area contributed by atoms with Crippen LogP contribution in [0.2, 0.25) is 0 Å². The molecule has 1 rings (SSSR count). The molecule has 0 radical (unpaired) electrons. The van der Waals surface area contributed by atoms with E-state index in [0.717, 1.165) is 17.7 Å². The first kappa shape index (κ1) is 13.0. The first-order chi connectivity index (χ1) is 7.77. The van der Waals surface area contributed by atoms with Gasteiger partial charge in [-0.25, -0.2) is 0 Å². The zero-order valence-electron chi connectivity index (χ0n) is 9.68. The second-order valence-corrected chi connectivity index (χ2v) is 4.61. The number of esters is 1. The van der Waals surface area contributed by atoms with Crippen LogP contribution in [0.15, 0.2) is 29.4 Å². The molecule has 0 amide bonds. The number of rotatable bonds is 6. The highest BCUT2D eigenvalue weighted by molar-refractivity contribution is 8.00. The standard InChI is InChI=1S/C12H17NO2S/c1-3-5-11(12(14)15-4-2)16-10-6-8-13-9-7-10/h6-9,11H,3-5H2,1-2H3. The van der Waals surface area contributed by atoms with E-state index in [1.165, 1.54) is 0 Å². The van der Waals surface area contributed by atoms with Gasteiger partial charge in [0.25, 0.3) is 0 Å². The molecule has 16 heavy (non-hydrogen) atoms. The zero-order valence-corrected chi connectivity index (χ0v) is 10.5. The summed E-state index contributed by atoms with van der Waals surface area (Å²) in [6.07, 6.45) is 5.28. The second kappa shape index (κ2) is 7.28. The maximum Gasteiger partial charge on any atom is 0.319 e. The van der Waals surface area contributed by atoms with E-state index >= 15 is 0 Å². The molecule has 3 nitrogen and oxygen atoms in total. The van der Waals surface area contributed by atoms with Crippen LogP contribution in [0.25, 0.3) is 0 Å². The third-order valence-electron chi connectivity index (χ3n) is 2.03. The van der Waals surface area contributed by atoms with Gasteiger partial charge in [-0.15, -0.1) is 11.8 Å². The third-order valence-corrected chi connectivity index (χ3v) is 3.29. The number of nitrogens with zero attached hydrogens (tertiary/aromatic N) is 1. The largest absolute Gasteiger partial charge is 0.465 e. The lowest BCUT2D eigenvalue weighted by Gasteiger charge is -2.13. The average molecular weight is 239 g/mol. The van der Waals surface area contributed by atoms with Crippen LogP contribution in [0, 0.1) is 0 Å². The van der Waals surface area contributed by atoms with Crippen molar-refractivity contribution in [2.45, 2.75) is 36.8 Å². The average Bonchev–Trinajstić information content (AvgIpc) is 2.30. The lowest BCUT2D eigenvalue weighted by atomic mass is 10.2. The monoisotopic (exact) mass is 239 g/mol. The van der Waals surface area contributed by atoms with Crippen LogP contribution in [-0.4, -0.2) is 22.8 Å². The molecule has 1 aromatic rings. The Morgan fingerprint density at radius 1 is 1.44 bits per heavy atom. The molecular formula is C12H17NO2S. The SMILES string of the molecule is CCCC(Sc1ccncc1)C(=O)OCC. The molecule has 0 spiro atoms. The third kappa shape index (κ3) is 4.23. The molecule has 88 valence electrons. The van der Waals surface area contributed by atoms with Crippen molar-refractivity contribution >= 4 is 17.7 Å². The van der Waals surface area contributed by atoms with Crippen LogP contribution in [0.5, 0.6) is 0 Å². The molecule has 1 aromatic heterocycles. The molecule has 1 heterocycles. The molecule has 0 saturated heterocycles. The number of aromatic nitrogens is 1. The summed E-state index contributed by atoms with van der Waals surface area (Å²) in [7, 11) is 0. The molecule has 0 aliphatic rings. The van der Waals surface area contributed by atoms with Crippen molar-refractivity contribution in [1.29, 1.82) is 0 Å². The molecule has 4 heteroatoms. The van der Waals surface area contributed by atoms with Crippen molar-refractivity contribution in [3.63, 3.8) is 0 Å². The van der Waals surface area contributed by atoms with E-state index in [9.17, 15) is 4.79 Å². The Kier molecular flexibility index (Phi) is 5.93. The Labute approximate surface area is 101 Å². The van der Waals surface area contributed by atoms with Crippen LogP contribution < -0.4 is 0 Å². The van der Waals surface area contributed by atoms with Crippen molar-refractivity contribution in [3.05, 3.63) is 24.5 Å². The molecule has 1 atom stereocenters. The van der Waals surface area contributed by atoms with E-state index in [-0.39, 0.29) is 11.2 Å². The highest BCUT2D eigenvalue weighted by Gasteiger charge is 2.19. The topological polar surface area (TPSA) is 39.2 Å². The molecule has 0 aliphatic heterocycles. The summed E-state index contributed by atoms with van der Waals surface area (Å²) in [6, 6.07) is 3.82. The summed E-state index contributed by atoms with van der Waals surface area (Å²) in [5.74, 6) is -0.119. The van der Waals surface area contributed by atoms with Gasteiger partial charge in [-0.05, 0) is 25.5 Å². The number of ether oxygens (including phenoxy) is 1. The smallest absolute Gasteiger partial charge is 0.319 e. The van der Waals surface area contributed by atoms with Crippen LogP contribution in [0.3, 0.4) is 0 Å². The number of hydrogen-bond acceptors (Lipinski definition) is 4. The number of hydrogen-bond donors (Lipinski definition) is 0. The highest BCUT2D eigenvalue weighted by atomic mass is 32.2. The van der Waals surface area contributed by atoms with Gasteiger partial charge in [-0.3, -0.25) is 9.78 Å². The van der Waals surface area contributed by atoms with Gasteiger partial charge < -0.3 is 4.74 Å². The summed E-state index contributed by atoms with van der Waals surface area (Å²) in [6.45, 7) is 4.34. The minimum atomic E-state index is -0.119. The van der Waals surface area contributed by atoms with Gasteiger partial charge in [-0.2, -0.15) is 0 Å². The molecule has 0 N–H and O–H groups in total. The molecule has 0 saturated carbocycles. The van der Waals surface area contributed by atoms with E-state index in [1.54, 1.807) is 24.2 Å². The fourth-order valence-electron chi connectivity index (χ4n) is 1.30. The fraction of sp³-hybridized carbons (Fsp3) is 0.500. The van der Waals surface area contributed by atoms with Gasteiger partial charge in [0.2, 0.25) is 0 Å². The Bertz CT molecular complexity index is 316. The molecular weight excluding hydrogens is 222 g/mol. The van der Waals surface area contributed by atoms with Gasteiger partial charge in [0.05, 0.1) is 6.61 Å². The van der Waals surface area contributed by atoms with E-state index in [4.69, 9.17) is 4.74 Å². The van der Waals surface area contributed by atoms with Crippen molar-refractivity contribution in [3.8, 4) is 0 Å². The summed E-state index contributed by atoms with van der Waals surface area (Å²) in [4.78, 5) is 16.7. The first-order valence-electron chi connectivity index (χ1n) is 5.51. The van der Waals surface area contributed by atoms with Crippen molar-refractivity contribution in [1.82, 2.24) is 4.98 Å². The molecule has 0 aliphatic carbocycles. The van der Waals surface area contributed by atoms with Gasteiger partial charge in [-0.1, -0.05) is 13.3 Å². The van der Waals surface area contributed by atoms with Gasteiger partial charge in [0.1, 0.15) is 5.25 Å².